The second-order valence-electron chi connectivity index (χ2n) is 5.28. The fourth-order valence-electron chi connectivity index (χ4n) is 1.74. The Kier molecular flexibility index (Phi) is 1.80. The maximum atomic E-state index is 8.12. The third-order valence-electron chi connectivity index (χ3n) is 2.87. The Labute approximate surface area is 111 Å². The molecule has 0 aromatic heterocycles. The summed E-state index contributed by atoms with van der Waals surface area (Å²) in [5.74, 6) is 0. The first-order valence-electron chi connectivity index (χ1n) is 8.24. The van der Waals surface area contributed by atoms with Gasteiger partial charge in [-0.25, -0.2) is 0 Å². The molecule has 0 heteroatoms. The van der Waals surface area contributed by atoms with Crippen LogP contribution in [0, 0.1) is 6.92 Å². The van der Waals surface area contributed by atoms with Crippen LogP contribution in [0.1, 0.15) is 38.8 Å². The average Bonchev–Trinajstić information content (AvgIpc) is 2.44. The molecule has 0 saturated carbocycles. The van der Waals surface area contributed by atoms with E-state index in [1.807, 2.05) is 25.1 Å². The van der Waals surface area contributed by atoms with Crippen molar-refractivity contribution in [2.75, 3.05) is 0 Å². The van der Waals surface area contributed by atoms with Crippen molar-refractivity contribution >= 4 is 0 Å². The van der Waals surface area contributed by atoms with Crippen LogP contribution in [0.3, 0.4) is 0 Å². The molecule has 2 aromatic carbocycles. The zero-order chi connectivity index (χ0) is 16.8. The van der Waals surface area contributed by atoms with Crippen molar-refractivity contribution in [3.05, 3.63) is 59.5 Å². The zero-order valence-corrected chi connectivity index (χ0v) is 10.7. The lowest BCUT2D eigenvalue weighted by Crippen LogP contribution is -2.11. The van der Waals surface area contributed by atoms with E-state index in [-0.39, 0.29) is 41.2 Å². The Bertz CT molecular complexity index is 713. The number of hydrogen-bond donors (Lipinski definition) is 0. The van der Waals surface area contributed by atoms with Crippen molar-refractivity contribution in [2.24, 2.45) is 0 Å². The van der Waals surface area contributed by atoms with Gasteiger partial charge in [0, 0.05) is 0 Å². The zero-order valence-electron chi connectivity index (χ0n) is 15.7. The Balaban J connectivity index is 2.83. The monoisotopic (exact) mass is 229 g/mol. The van der Waals surface area contributed by atoms with Gasteiger partial charge in [-0.05, 0) is 34.6 Å². The van der Waals surface area contributed by atoms with E-state index < -0.39 is 0 Å². The van der Waals surface area contributed by atoms with Gasteiger partial charge in [-0.2, -0.15) is 0 Å². The molecule has 0 N–H and O–H groups in total. The van der Waals surface area contributed by atoms with Gasteiger partial charge in [-0.3, -0.25) is 0 Å². The van der Waals surface area contributed by atoms with Gasteiger partial charge in [0.25, 0.3) is 0 Å². The fraction of sp³-hybridized carbons (Fsp3) is 0.294. The first kappa shape index (κ1) is 7.00. The van der Waals surface area contributed by atoms with Crippen LogP contribution in [-0.4, -0.2) is 0 Å². The molecule has 0 aliphatic carbocycles. The number of hydrogen-bond acceptors (Lipinski definition) is 0. The largest absolute Gasteiger partial charge is 0.0629 e. The summed E-state index contributed by atoms with van der Waals surface area (Å²) in [4.78, 5) is 0. The van der Waals surface area contributed by atoms with Gasteiger partial charge in [0.1, 0.15) is 0 Å². The molecule has 0 heterocycles. The molecule has 0 fully saturated rings. The summed E-state index contributed by atoms with van der Waals surface area (Å²) in [7, 11) is 0. The number of benzene rings is 2. The van der Waals surface area contributed by atoms with Gasteiger partial charge in [-0.15, -0.1) is 0 Å². The minimum atomic E-state index is -0.358. The quantitative estimate of drug-likeness (QED) is 0.648. The van der Waals surface area contributed by atoms with Crippen molar-refractivity contribution in [1.29, 1.82) is 0 Å². The topological polar surface area (TPSA) is 0 Å². The molecule has 0 atom stereocenters. The summed E-state index contributed by atoms with van der Waals surface area (Å²) in [6.07, 6.45) is 0. The molecule has 0 amide bonds. The van der Waals surface area contributed by atoms with Gasteiger partial charge in [0.15, 0.2) is 0 Å². The summed E-state index contributed by atoms with van der Waals surface area (Å²) in [6, 6.07) is 4.64. The minimum absolute atomic E-state index is 0.0736. The highest BCUT2D eigenvalue weighted by atomic mass is 14.2. The molecule has 17 heavy (non-hydrogen) atoms. The lowest BCUT2D eigenvalue weighted by molar-refractivity contribution is 0.590. The lowest BCUT2D eigenvalue weighted by Gasteiger charge is -2.21. The van der Waals surface area contributed by atoms with Crippen LogP contribution in [0.5, 0.6) is 0 Å². The van der Waals surface area contributed by atoms with Crippen LogP contribution in [0.15, 0.2) is 48.4 Å². The van der Waals surface area contributed by atoms with Crippen molar-refractivity contribution in [2.45, 2.75) is 33.1 Å². The number of aryl methyl sites for hydroxylation is 1. The molecule has 0 bridgehead atoms. The molecule has 0 spiro atoms. The van der Waals surface area contributed by atoms with Crippen LogP contribution < -0.4 is 0 Å². The van der Waals surface area contributed by atoms with Gasteiger partial charge in [0.05, 0.1) is 6.85 Å². The predicted molar refractivity (Wildman–Crippen MR) is 75.3 cm³/mol. The van der Waals surface area contributed by atoms with E-state index in [0.717, 1.165) is 11.1 Å². The first-order valence-corrected chi connectivity index (χ1v) is 5.74. The van der Waals surface area contributed by atoms with Crippen molar-refractivity contribution in [1.82, 2.24) is 0 Å². The van der Waals surface area contributed by atoms with Gasteiger partial charge in [0.2, 0.25) is 0 Å². The summed E-state index contributed by atoms with van der Waals surface area (Å²) < 4.78 is 39.6. The third kappa shape index (κ3) is 2.58. The van der Waals surface area contributed by atoms with Crippen molar-refractivity contribution < 1.29 is 6.85 Å². The maximum absolute atomic E-state index is 8.12. The second-order valence-corrected chi connectivity index (χ2v) is 5.28. The molecular weight excluding hydrogens is 204 g/mol. The Morgan fingerprint density at radius 3 is 2.24 bits per heavy atom. The van der Waals surface area contributed by atoms with E-state index in [4.69, 9.17) is 6.85 Å². The number of rotatable bonds is 1. The van der Waals surface area contributed by atoms with Crippen LogP contribution in [0.4, 0.5) is 0 Å². The van der Waals surface area contributed by atoms with Gasteiger partial charge < -0.3 is 0 Å². The Morgan fingerprint density at radius 2 is 1.65 bits per heavy atom. The highest BCUT2D eigenvalue weighted by Crippen LogP contribution is 2.29. The normalized spacial score (nSPS) is 15.6. The summed E-state index contributed by atoms with van der Waals surface area (Å²) >= 11 is 0. The molecule has 2 aromatic rings. The molecule has 2 rings (SSSR count). The summed E-state index contributed by atoms with van der Waals surface area (Å²) in [6.45, 7) is 8.15. The summed E-state index contributed by atoms with van der Waals surface area (Å²) in [5, 5.41) is 0. The van der Waals surface area contributed by atoms with E-state index >= 15 is 0 Å². The smallest absolute Gasteiger partial charge is 0.0622 e. The Hall–Kier alpha value is -1.56. The molecule has 0 saturated heterocycles. The standard InChI is InChI=1S/C17H20/c1-13-10-11-15(17(2,3)4)12-16(13)14-8-6-5-7-9-14/h5-12H,1-4H3/i5D,6D,7D,8D,9D. The van der Waals surface area contributed by atoms with E-state index in [1.54, 1.807) is 0 Å². The molecule has 88 valence electrons. The van der Waals surface area contributed by atoms with Crippen LogP contribution in [-0.2, 0) is 5.41 Å². The second kappa shape index (κ2) is 4.37. The molecule has 0 radical (unpaired) electrons. The fourth-order valence-corrected chi connectivity index (χ4v) is 1.74. The van der Waals surface area contributed by atoms with Crippen molar-refractivity contribution in [3.63, 3.8) is 0 Å². The average molecular weight is 229 g/mol. The van der Waals surface area contributed by atoms with E-state index in [0.29, 0.717) is 5.56 Å². The minimum Gasteiger partial charge on any atom is -0.0622 e. The lowest BCUT2D eigenvalue weighted by atomic mass is 9.84. The predicted octanol–water partition coefficient (Wildman–Crippen LogP) is 4.96. The van der Waals surface area contributed by atoms with Crippen molar-refractivity contribution in [3.8, 4) is 11.1 Å². The maximum Gasteiger partial charge on any atom is 0.0629 e. The third-order valence-corrected chi connectivity index (χ3v) is 2.87. The highest BCUT2D eigenvalue weighted by molar-refractivity contribution is 5.68. The molecule has 0 nitrogen and oxygen atoms in total. The molecule has 0 unspecified atom stereocenters. The highest BCUT2D eigenvalue weighted by Gasteiger charge is 2.14. The van der Waals surface area contributed by atoms with Gasteiger partial charge in [-0.1, -0.05) is 69.2 Å². The molecular formula is C17H20. The van der Waals surface area contributed by atoms with E-state index in [1.165, 1.54) is 0 Å². The molecule has 0 aliphatic heterocycles. The van der Waals surface area contributed by atoms with Gasteiger partial charge >= 0.3 is 0 Å². The summed E-state index contributed by atoms with van der Waals surface area (Å²) in [5.41, 5.74) is 2.86. The SMILES string of the molecule is [2H]c1c([2H])c([2H])c(-c2cc(C(C)(C)C)ccc2C)c([2H])c1[2H]. The van der Waals surface area contributed by atoms with E-state index in [2.05, 4.69) is 20.8 Å². The van der Waals surface area contributed by atoms with Crippen LogP contribution in [0.2, 0.25) is 0 Å². The first-order chi connectivity index (χ1) is 10.1. The Morgan fingerprint density at radius 1 is 1.00 bits per heavy atom. The van der Waals surface area contributed by atoms with E-state index in [9.17, 15) is 0 Å². The van der Waals surface area contributed by atoms with Crippen LogP contribution >= 0.6 is 0 Å². The molecule has 0 aliphatic rings. The van der Waals surface area contributed by atoms with Crippen LogP contribution in [0.25, 0.3) is 11.1 Å².